The molecule has 0 radical (unpaired) electrons. The number of nitrogens with zero attached hydrogens (tertiary/aromatic N) is 1. The molecule has 4 heteroatoms. The molecule has 0 heterocycles. The molecule has 80 valence electrons. The Hall–Kier alpha value is -0.220. The lowest BCUT2D eigenvalue weighted by Crippen LogP contribution is -2.30. The number of carbonyl (C=O) groups excluding carboxylic acids is 1. The maximum atomic E-state index is 11.1. The minimum Gasteiger partial charge on any atom is -0.345 e. The molecule has 2 N–H and O–H groups in total. The Morgan fingerprint density at radius 1 is 1.46 bits per heavy atom. The number of rotatable bonds is 5. The molecule has 0 saturated carbocycles. The van der Waals surface area contributed by atoms with Gasteiger partial charge in [0.05, 0.1) is 0 Å². The van der Waals surface area contributed by atoms with Gasteiger partial charge in [0.15, 0.2) is 0 Å². The van der Waals surface area contributed by atoms with Crippen LogP contribution in [0.25, 0.3) is 0 Å². The van der Waals surface area contributed by atoms with Gasteiger partial charge >= 0.3 is 0 Å². The van der Waals surface area contributed by atoms with E-state index in [4.69, 9.17) is 5.73 Å². The minimum atomic E-state index is 0.140. The summed E-state index contributed by atoms with van der Waals surface area (Å²) >= 11 is 1.74. The summed E-state index contributed by atoms with van der Waals surface area (Å²) in [6, 6.07) is 0. The van der Waals surface area contributed by atoms with Crippen LogP contribution in [0.5, 0.6) is 0 Å². The van der Waals surface area contributed by atoms with Gasteiger partial charge in [-0.15, -0.1) is 0 Å². The highest BCUT2D eigenvalue weighted by Crippen LogP contribution is 1.95. The van der Waals surface area contributed by atoms with E-state index in [1.54, 1.807) is 16.7 Å². The Bertz CT molecular complexity index is 120. The van der Waals surface area contributed by atoms with E-state index >= 15 is 0 Å². The number of hydrogen-bond donors (Lipinski definition) is 1. The molecule has 13 heavy (non-hydrogen) atoms. The summed E-state index contributed by atoms with van der Waals surface area (Å²) in [5.74, 6) is 1.13. The second-order valence-electron chi connectivity index (χ2n) is 2.35. The normalized spacial score (nSPS) is 8.69. The van der Waals surface area contributed by atoms with Gasteiger partial charge in [0.2, 0.25) is 5.91 Å². The van der Waals surface area contributed by atoms with Crippen LogP contribution in [-0.2, 0) is 4.79 Å². The van der Waals surface area contributed by atoms with E-state index < -0.39 is 0 Å². The number of thioether (sulfide) groups is 1. The van der Waals surface area contributed by atoms with Crippen molar-refractivity contribution in [3.8, 4) is 0 Å². The summed E-state index contributed by atoms with van der Waals surface area (Å²) in [7, 11) is 1.81. The molecule has 1 amide bonds. The summed E-state index contributed by atoms with van der Waals surface area (Å²) in [4.78, 5) is 12.8. The first-order chi connectivity index (χ1) is 6.22. The third-order valence-corrected chi connectivity index (χ3v) is 2.01. The molecule has 0 bridgehead atoms. The maximum Gasteiger partial charge on any atom is 0.223 e. The fourth-order valence-corrected chi connectivity index (χ4v) is 1.12. The summed E-state index contributed by atoms with van der Waals surface area (Å²) < 4.78 is 0. The van der Waals surface area contributed by atoms with Gasteiger partial charge in [-0.2, -0.15) is 11.8 Å². The predicted molar refractivity (Wildman–Crippen MR) is 61.0 cm³/mol. The van der Waals surface area contributed by atoms with Gasteiger partial charge in [-0.1, -0.05) is 13.8 Å². The second-order valence-corrected chi connectivity index (χ2v) is 3.33. The Morgan fingerprint density at radius 3 is 2.38 bits per heavy atom. The predicted octanol–water partition coefficient (Wildman–Crippen LogP) is 1.18. The first-order valence-corrected chi connectivity index (χ1v) is 6.04. The van der Waals surface area contributed by atoms with E-state index in [0.717, 1.165) is 12.3 Å². The monoisotopic (exact) mass is 206 g/mol. The topological polar surface area (TPSA) is 46.3 Å². The molecule has 0 aliphatic rings. The van der Waals surface area contributed by atoms with Crippen LogP contribution < -0.4 is 5.73 Å². The van der Waals surface area contributed by atoms with Gasteiger partial charge in [0.1, 0.15) is 0 Å². The molecular weight excluding hydrogens is 184 g/mol. The van der Waals surface area contributed by atoms with E-state index in [2.05, 4.69) is 0 Å². The van der Waals surface area contributed by atoms with Crippen molar-refractivity contribution in [3.63, 3.8) is 0 Å². The molecule has 0 unspecified atom stereocenters. The Kier molecular flexibility index (Phi) is 13.8. The van der Waals surface area contributed by atoms with Crippen molar-refractivity contribution in [3.05, 3.63) is 0 Å². The van der Waals surface area contributed by atoms with E-state index in [-0.39, 0.29) is 5.91 Å². The van der Waals surface area contributed by atoms with Crippen LogP contribution in [0.3, 0.4) is 0 Å². The third kappa shape index (κ3) is 9.70. The average Bonchev–Trinajstić information content (AvgIpc) is 2.17. The zero-order chi connectivity index (χ0) is 10.7. The van der Waals surface area contributed by atoms with Crippen molar-refractivity contribution >= 4 is 17.7 Å². The van der Waals surface area contributed by atoms with Crippen LogP contribution >= 0.6 is 11.8 Å². The molecule has 0 aromatic rings. The molecule has 0 atom stereocenters. The first-order valence-electron chi connectivity index (χ1n) is 4.65. The largest absolute Gasteiger partial charge is 0.345 e. The highest BCUT2D eigenvalue weighted by Gasteiger charge is 2.05. The van der Waals surface area contributed by atoms with Gasteiger partial charge < -0.3 is 10.6 Å². The number of nitrogens with two attached hydrogens (primary N) is 1. The quantitative estimate of drug-likeness (QED) is 0.735. The van der Waals surface area contributed by atoms with Crippen LogP contribution in [0.2, 0.25) is 0 Å². The van der Waals surface area contributed by atoms with Crippen LogP contribution in [0.15, 0.2) is 0 Å². The third-order valence-electron chi connectivity index (χ3n) is 1.41. The molecule has 0 rings (SSSR count). The maximum absolute atomic E-state index is 11.1. The lowest BCUT2D eigenvalue weighted by Gasteiger charge is -2.15. The van der Waals surface area contributed by atoms with Crippen molar-refractivity contribution < 1.29 is 4.79 Å². The lowest BCUT2D eigenvalue weighted by atomic mass is 10.4. The van der Waals surface area contributed by atoms with Crippen LogP contribution in [0.4, 0.5) is 0 Å². The van der Waals surface area contributed by atoms with E-state index in [1.165, 1.54) is 0 Å². The second kappa shape index (κ2) is 11.8. The average molecular weight is 206 g/mol. The molecule has 0 spiro atoms. The molecule has 3 nitrogen and oxygen atoms in total. The van der Waals surface area contributed by atoms with Crippen LogP contribution in [0.1, 0.15) is 20.3 Å². The highest BCUT2D eigenvalue weighted by atomic mass is 32.2. The zero-order valence-electron chi connectivity index (χ0n) is 9.17. The van der Waals surface area contributed by atoms with Crippen LogP contribution in [0, 0.1) is 0 Å². The molecule has 0 aromatic heterocycles. The van der Waals surface area contributed by atoms with Gasteiger partial charge in [0.25, 0.3) is 0 Å². The van der Waals surface area contributed by atoms with Crippen LogP contribution in [-0.4, -0.2) is 43.0 Å². The molecular formula is C9H22N2OS. The van der Waals surface area contributed by atoms with E-state index in [0.29, 0.717) is 13.0 Å². The summed E-state index contributed by atoms with van der Waals surface area (Å²) in [6.45, 7) is 5.27. The fourth-order valence-electron chi connectivity index (χ4n) is 0.667. The standard InChI is InChI=1S/C7H16N2OS.C2H6/c1-9(5-6-11-2)7(10)3-4-8;1-2/h3-6,8H2,1-2H3;1-2H3. The van der Waals surface area contributed by atoms with Crippen molar-refractivity contribution in [2.24, 2.45) is 5.73 Å². The summed E-state index contributed by atoms with van der Waals surface area (Å²) in [5.41, 5.74) is 5.24. The van der Waals surface area contributed by atoms with Crippen molar-refractivity contribution in [2.45, 2.75) is 20.3 Å². The van der Waals surface area contributed by atoms with Crippen molar-refractivity contribution in [1.82, 2.24) is 4.90 Å². The molecule has 0 fully saturated rings. The lowest BCUT2D eigenvalue weighted by molar-refractivity contribution is -0.129. The van der Waals surface area contributed by atoms with Crippen molar-refractivity contribution in [2.75, 3.05) is 32.1 Å². The number of carbonyl (C=O) groups is 1. The number of amides is 1. The highest BCUT2D eigenvalue weighted by molar-refractivity contribution is 7.98. The summed E-state index contributed by atoms with van der Waals surface area (Å²) in [5, 5.41) is 0. The summed E-state index contributed by atoms with van der Waals surface area (Å²) in [6.07, 6.45) is 2.49. The molecule has 0 aliphatic carbocycles. The smallest absolute Gasteiger partial charge is 0.223 e. The van der Waals surface area contributed by atoms with Crippen molar-refractivity contribution in [1.29, 1.82) is 0 Å². The SMILES string of the molecule is CC.CSCCN(C)C(=O)CCN. The number of hydrogen-bond acceptors (Lipinski definition) is 3. The van der Waals surface area contributed by atoms with Gasteiger partial charge in [0, 0.05) is 32.3 Å². The Balaban J connectivity index is 0. The minimum absolute atomic E-state index is 0.140. The molecule has 0 aromatic carbocycles. The molecule has 0 saturated heterocycles. The molecule has 0 aliphatic heterocycles. The zero-order valence-corrected chi connectivity index (χ0v) is 9.99. The Morgan fingerprint density at radius 2 is 2.00 bits per heavy atom. The van der Waals surface area contributed by atoms with E-state index in [1.807, 2.05) is 27.2 Å². The fraction of sp³-hybridized carbons (Fsp3) is 0.889. The van der Waals surface area contributed by atoms with E-state index in [9.17, 15) is 4.79 Å². The Labute approximate surface area is 86.0 Å². The first kappa shape index (κ1) is 15.3. The van der Waals surface area contributed by atoms with Gasteiger partial charge in [-0.3, -0.25) is 4.79 Å². The van der Waals surface area contributed by atoms with Gasteiger partial charge in [-0.05, 0) is 6.26 Å². The van der Waals surface area contributed by atoms with Gasteiger partial charge in [-0.25, -0.2) is 0 Å².